The standard InChI is InChI=1S/3C36H44N2O2.2Mn/c3*1-35(2,3)29-21-13-19-27(33(29)39)23-37-31(25-15-9-7-10-16-25)32(26-17-11-8-12-18-26)38-24-28-20-14-22-30(34(28)40)36(4,5)6;;/h3*7-22,31-32,37-40H,23-24H2,1-6H3;;/q;;;2*+3/p-6/t3*31-,32-;;/m111../s1. The van der Waals surface area contributed by atoms with Gasteiger partial charge in [-0.2, -0.15) is 0 Å². The van der Waals surface area contributed by atoms with Crippen LogP contribution in [-0.2, 0) is 106 Å². The molecule has 0 aromatic heterocycles. The molecule has 0 heterocycles. The van der Waals surface area contributed by atoms with E-state index in [0.29, 0.717) is 39.3 Å². The molecule has 14 heteroatoms. The molecule has 0 fully saturated rings. The molecule has 12 aromatic carbocycles. The number of rotatable bonds is 27. The van der Waals surface area contributed by atoms with E-state index in [1.165, 1.54) is 0 Å². The SMILES string of the molecule is CC(C)(C)c1cccc(CN[C@H](c2ccccc2)[C@H](NCc2cccc(C(C)(C)C)c2[O-])c2ccccc2)c1[O-].CC(C)(C)c1cccc(CN[C@H](c2ccccc2)[C@H](NCc2cccc(C(C)(C)C)c2[O-])c2ccccc2)c1[O-].CC(C)(C)c1cccc(CN[C@H](c2ccccc2)[C@H](NCc2cccc(C(C)(C)C)c2[O-])c2ccccc2)c1[O-].[Mn+3].[Mn+3]. The van der Waals surface area contributed by atoms with Crippen LogP contribution in [0.15, 0.2) is 291 Å². The van der Waals surface area contributed by atoms with Gasteiger partial charge in [0.05, 0.1) is 36.3 Å². The smallest absolute Gasteiger partial charge is 0.872 e. The van der Waals surface area contributed by atoms with Gasteiger partial charge in [-0.25, -0.2) is 0 Å². The summed E-state index contributed by atoms with van der Waals surface area (Å²) in [6.45, 7) is 39.9. The zero-order valence-corrected chi connectivity index (χ0v) is 77.0. The zero-order chi connectivity index (χ0) is 86.7. The monoisotopic (exact) mass is 1710 g/mol. The van der Waals surface area contributed by atoms with Gasteiger partial charge < -0.3 is 62.5 Å². The van der Waals surface area contributed by atoms with E-state index < -0.39 is 0 Å². The predicted octanol–water partition coefficient (Wildman–Crippen LogP) is 20.4. The van der Waals surface area contributed by atoms with Gasteiger partial charge in [0.1, 0.15) is 0 Å². The molecule has 6 atom stereocenters. The van der Waals surface area contributed by atoms with E-state index in [0.717, 1.165) is 100 Å². The van der Waals surface area contributed by atoms with Gasteiger partial charge in [-0.05, 0) is 99.3 Å². The van der Waals surface area contributed by atoms with Crippen LogP contribution in [0.5, 0.6) is 34.5 Å². The summed E-state index contributed by atoms with van der Waals surface area (Å²) in [4.78, 5) is 0. The summed E-state index contributed by atoms with van der Waals surface area (Å²) in [6, 6.07) is 95.8. The second-order valence-corrected chi connectivity index (χ2v) is 37.9. The molecule has 12 rings (SSSR count). The van der Waals surface area contributed by atoms with E-state index in [2.05, 4.69) is 229 Å². The fourth-order valence-corrected chi connectivity index (χ4v) is 15.7. The second kappa shape index (κ2) is 43.5. The maximum Gasteiger partial charge on any atom is 3.00 e. The average Bonchev–Trinajstić information content (AvgIpc) is 0.766. The van der Waals surface area contributed by atoms with Crippen LogP contribution < -0.4 is 62.5 Å². The third-order valence-corrected chi connectivity index (χ3v) is 22.5. The van der Waals surface area contributed by atoms with Crippen LogP contribution in [0.2, 0.25) is 0 Å². The van der Waals surface area contributed by atoms with Gasteiger partial charge in [0.15, 0.2) is 0 Å². The maximum absolute atomic E-state index is 13.4. The Balaban J connectivity index is 0.000000225. The molecular formula is C108H126Mn2N6O6. The molecule has 0 saturated carbocycles. The maximum atomic E-state index is 13.4. The van der Waals surface area contributed by atoms with Crippen molar-refractivity contribution < 1.29 is 64.8 Å². The van der Waals surface area contributed by atoms with Gasteiger partial charge in [-0.15, -0.1) is 34.5 Å². The molecule has 0 radical (unpaired) electrons. The molecule has 0 unspecified atom stereocenters. The normalized spacial score (nSPS) is 13.4. The first-order valence-electron chi connectivity index (χ1n) is 42.4. The van der Waals surface area contributed by atoms with E-state index in [9.17, 15) is 30.6 Å². The number of para-hydroxylation sites is 6. The molecule has 0 amide bonds. The Bertz CT molecular complexity index is 4360. The molecule has 0 bridgehead atoms. The summed E-state index contributed by atoms with van der Waals surface area (Å²) in [5, 5.41) is 103. The fourth-order valence-electron chi connectivity index (χ4n) is 15.7. The minimum Gasteiger partial charge on any atom is -0.872 e. The summed E-state index contributed by atoms with van der Waals surface area (Å²) in [7, 11) is 0. The zero-order valence-electron chi connectivity index (χ0n) is 74.6. The molecule has 6 N–H and O–H groups in total. The minimum atomic E-state index is -0.225. The van der Waals surface area contributed by atoms with Crippen molar-refractivity contribution >= 4 is 0 Å². The van der Waals surface area contributed by atoms with Gasteiger partial charge in [0.25, 0.3) is 0 Å². The van der Waals surface area contributed by atoms with Crippen molar-refractivity contribution in [1.29, 1.82) is 0 Å². The van der Waals surface area contributed by atoms with E-state index in [1.807, 2.05) is 218 Å². The second-order valence-electron chi connectivity index (χ2n) is 37.9. The van der Waals surface area contributed by atoms with Crippen LogP contribution in [0.4, 0.5) is 0 Å². The van der Waals surface area contributed by atoms with E-state index in [-0.39, 0.29) is 137 Å². The van der Waals surface area contributed by atoms with Crippen molar-refractivity contribution in [3.63, 3.8) is 0 Å². The average molecular weight is 1710 g/mol. The van der Waals surface area contributed by atoms with Crippen LogP contribution in [0.3, 0.4) is 0 Å². The molecule has 0 spiro atoms. The van der Waals surface area contributed by atoms with E-state index >= 15 is 0 Å². The summed E-state index contributed by atoms with van der Waals surface area (Å²) < 4.78 is 0. The Kier molecular flexibility index (Phi) is 34.8. The largest absolute Gasteiger partial charge is 3.00 e. The van der Waals surface area contributed by atoms with Gasteiger partial charge in [-0.1, -0.05) is 449 Å². The molecule has 0 saturated heterocycles. The van der Waals surface area contributed by atoms with Crippen LogP contribution in [0.1, 0.15) is 261 Å². The van der Waals surface area contributed by atoms with Crippen molar-refractivity contribution in [1.82, 2.24) is 31.9 Å². The fraction of sp³-hybridized carbons (Fsp3) is 0.333. The van der Waals surface area contributed by atoms with E-state index in [1.54, 1.807) is 0 Å². The Morgan fingerprint density at radius 3 is 0.393 bits per heavy atom. The van der Waals surface area contributed by atoms with Crippen molar-refractivity contribution in [3.05, 3.63) is 391 Å². The number of hydrogen-bond acceptors (Lipinski definition) is 12. The third-order valence-electron chi connectivity index (χ3n) is 22.5. The number of hydrogen-bond donors (Lipinski definition) is 6. The molecule has 0 aliphatic carbocycles. The predicted molar refractivity (Wildman–Crippen MR) is 484 cm³/mol. The van der Waals surface area contributed by atoms with Gasteiger partial charge in [0, 0.05) is 39.3 Å². The summed E-state index contributed by atoms with van der Waals surface area (Å²) in [5.41, 5.74) is 14.7. The molecule has 638 valence electrons. The molecule has 122 heavy (non-hydrogen) atoms. The minimum absolute atomic E-state index is 0. The van der Waals surface area contributed by atoms with Gasteiger partial charge in [-0.3, -0.25) is 0 Å². The van der Waals surface area contributed by atoms with E-state index in [4.69, 9.17) is 0 Å². The first kappa shape index (κ1) is 97.7. The van der Waals surface area contributed by atoms with Crippen molar-refractivity contribution in [3.8, 4) is 34.5 Å². The van der Waals surface area contributed by atoms with Crippen LogP contribution in [0, 0.1) is 0 Å². The Labute approximate surface area is 749 Å². The first-order chi connectivity index (χ1) is 56.9. The molecular weight excluding hydrogens is 1590 g/mol. The van der Waals surface area contributed by atoms with Gasteiger partial charge in [0.2, 0.25) is 0 Å². The van der Waals surface area contributed by atoms with Crippen LogP contribution in [-0.4, -0.2) is 0 Å². The summed E-state index contributed by atoms with van der Waals surface area (Å²) in [6.07, 6.45) is 0. The number of nitrogens with one attached hydrogen (secondary N) is 6. The summed E-state index contributed by atoms with van der Waals surface area (Å²) >= 11 is 0. The van der Waals surface area contributed by atoms with Crippen molar-refractivity contribution in [2.75, 3.05) is 0 Å². The van der Waals surface area contributed by atoms with Crippen molar-refractivity contribution in [2.45, 2.75) is 233 Å². The molecule has 12 aromatic rings. The van der Waals surface area contributed by atoms with Gasteiger partial charge >= 0.3 is 34.1 Å². The summed E-state index contributed by atoms with van der Waals surface area (Å²) in [5.74, 6) is 0.547. The van der Waals surface area contributed by atoms with Crippen LogP contribution >= 0.6 is 0 Å². The Morgan fingerprint density at radius 1 is 0.172 bits per heavy atom. The number of benzene rings is 12. The topological polar surface area (TPSA) is 211 Å². The quantitative estimate of drug-likeness (QED) is 0.0266. The molecule has 0 aliphatic heterocycles. The van der Waals surface area contributed by atoms with Crippen molar-refractivity contribution in [2.24, 2.45) is 0 Å². The van der Waals surface area contributed by atoms with Crippen LogP contribution in [0.25, 0.3) is 0 Å². The molecule has 12 nitrogen and oxygen atoms in total. The Hall–Kier alpha value is -9.76. The molecule has 0 aliphatic rings. The Morgan fingerprint density at radius 2 is 0.287 bits per heavy atom. The third kappa shape index (κ3) is 26.2. The first-order valence-corrected chi connectivity index (χ1v) is 42.4.